The van der Waals surface area contributed by atoms with E-state index >= 15 is 0 Å². The second-order valence-electron chi connectivity index (χ2n) is 9.15. The van der Waals surface area contributed by atoms with Gasteiger partial charge in [0, 0.05) is 55.4 Å². The van der Waals surface area contributed by atoms with Crippen LogP contribution < -0.4 is 15.4 Å². The number of amides is 3. The molecule has 1 fully saturated rings. The van der Waals surface area contributed by atoms with Crippen LogP contribution in [0.5, 0.6) is 5.75 Å². The zero-order valence-corrected chi connectivity index (χ0v) is 21.3. The number of methoxy groups -OCH3 is 1. The standard InChI is InChI=1S/C25H29N5O5S/c1-25(2,15-29-7-9-30(10-8-29)24(33)17-6-11-36-14-17)28-23(32)22(31)27-18-4-5-19(20(12-18)34-3)21-13-26-16-35-21/h4-6,11-14,16H,7-10,15H2,1-3H3,(H,27,31)(H,28,32). The molecule has 1 aliphatic rings. The average Bonchev–Trinajstić information content (AvgIpc) is 3.58. The number of nitrogens with one attached hydrogen (secondary N) is 2. The van der Waals surface area contributed by atoms with Gasteiger partial charge in [0.05, 0.1) is 24.4 Å². The molecule has 10 nitrogen and oxygen atoms in total. The largest absolute Gasteiger partial charge is 0.496 e. The van der Waals surface area contributed by atoms with Gasteiger partial charge in [-0.3, -0.25) is 19.3 Å². The van der Waals surface area contributed by atoms with E-state index < -0.39 is 17.4 Å². The van der Waals surface area contributed by atoms with E-state index in [0.717, 1.165) is 5.56 Å². The Labute approximate surface area is 213 Å². The first kappa shape index (κ1) is 25.4. The van der Waals surface area contributed by atoms with Crippen molar-refractivity contribution >= 4 is 34.7 Å². The van der Waals surface area contributed by atoms with Gasteiger partial charge in [0.25, 0.3) is 5.91 Å². The van der Waals surface area contributed by atoms with E-state index in [1.54, 1.807) is 24.4 Å². The summed E-state index contributed by atoms with van der Waals surface area (Å²) in [5.74, 6) is -0.457. The van der Waals surface area contributed by atoms with E-state index in [1.165, 1.54) is 24.8 Å². The highest BCUT2D eigenvalue weighted by Gasteiger charge is 2.30. The molecule has 0 bridgehead atoms. The summed E-state index contributed by atoms with van der Waals surface area (Å²) < 4.78 is 10.7. The minimum Gasteiger partial charge on any atom is -0.496 e. The van der Waals surface area contributed by atoms with Crippen molar-refractivity contribution in [1.29, 1.82) is 0 Å². The van der Waals surface area contributed by atoms with Crippen LogP contribution in [0, 0.1) is 0 Å². The lowest BCUT2D eigenvalue weighted by Crippen LogP contribution is -2.57. The van der Waals surface area contributed by atoms with Crippen LogP contribution in [0.15, 0.2) is 52.0 Å². The number of carbonyl (C=O) groups excluding carboxylic acids is 3. The Morgan fingerprint density at radius 1 is 1.14 bits per heavy atom. The molecule has 0 radical (unpaired) electrons. The first-order valence-electron chi connectivity index (χ1n) is 11.5. The molecule has 2 N–H and O–H groups in total. The van der Waals surface area contributed by atoms with Crippen molar-refractivity contribution in [1.82, 2.24) is 20.1 Å². The van der Waals surface area contributed by atoms with Crippen LogP contribution in [0.4, 0.5) is 5.69 Å². The number of hydrogen-bond donors (Lipinski definition) is 2. The van der Waals surface area contributed by atoms with Crippen molar-refractivity contribution < 1.29 is 23.5 Å². The fraction of sp³-hybridized carbons (Fsp3) is 0.360. The summed E-state index contributed by atoms with van der Waals surface area (Å²) in [4.78, 5) is 45.7. The normalized spacial score (nSPS) is 14.4. The van der Waals surface area contributed by atoms with Gasteiger partial charge in [-0.1, -0.05) is 0 Å². The van der Waals surface area contributed by atoms with Crippen molar-refractivity contribution in [2.75, 3.05) is 45.2 Å². The molecular formula is C25H29N5O5S. The van der Waals surface area contributed by atoms with Crippen molar-refractivity contribution in [3.63, 3.8) is 0 Å². The van der Waals surface area contributed by atoms with Crippen LogP contribution in [0.2, 0.25) is 0 Å². The minimum atomic E-state index is -0.774. The number of anilines is 1. The molecule has 0 spiro atoms. The lowest BCUT2D eigenvalue weighted by molar-refractivity contribution is -0.137. The summed E-state index contributed by atoms with van der Waals surface area (Å²) in [5.41, 5.74) is 1.16. The Morgan fingerprint density at radius 2 is 1.92 bits per heavy atom. The van der Waals surface area contributed by atoms with Gasteiger partial charge in [-0.15, -0.1) is 0 Å². The Hall–Kier alpha value is -3.70. The Balaban J connectivity index is 1.28. The number of nitrogens with zero attached hydrogens (tertiary/aromatic N) is 3. The molecule has 1 aromatic carbocycles. The van der Waals surface area contributed by atoms with E-state index in [0.29, 0.717) is 55.5 Å². The number of carbonyl (C=O) groups is 3. The van der Waals surface area contributed by atoms with Crippen LogP contribution in [0.3, 0.4) is 0 Å². The summed E-state index contributed by atoms with van der Waals surface area (Å²) in [6.45, 7) is 6.91. The number of aromatic nitrogens is 1. The summed E-state index contributed by atoms with van der Waals surface area (Å²) in [6, 6.07) is 6.84. The second kappa shape index (κ2) is 10.9. The topological polar surface area (TPSA) is 117 Å². The molecule has 0 aliphatic carbocycles. The third kappa shape index (κ3) is 6.10. The highest BCUT2D eigenvalue weighted by Crippen LogP contribution is 2.32. The predicted octanol–water partition coefficient (Wildman–Crippen LogP) is 2.70. The summed E-state index contributed by atoms with van der Waals surface area (Å²) in [5, 5.41) is 9.19. The van der Waals surface area contributed by atoms with Crippen LogP contribution in [0.1, 0.15) is 24.2 Å². The number of thiophene rings is 1. The third-order valence-corrected chi connectivity index (χ3v) is 6.55. The lowest BCUT2D eigenvalue weighted by atomic mass is 10.0. The third-order valence-electron chi connectivity index (χ3n) is 5.86. The molecule has 2 aromatic heterocycles. The van der Waals surface area contributed by atoms with Crippen LogP contribution in [0.25, 0.3) is 11.3 Å². The number of oxazole rings is 1. The zero-order chi connectivity index (χ0) is 25.7. The number of hydrogen-bond acceptors (Lipinski definition) is 8. The van der Waals surface area contributed by atoms with Gasteiger partial charge >= 0.3 is 11.8 Å². The van der Waals surface area contributed by atoms with E-state index in [1.807, 2.05) is 35.6 Å². The van der Waals surface area contributed by atoms with E-state index in [2.05, 4.69) is 20.5 Å². The maximum Gasteiger partial charge on any atom is 0.313 e. The molecule has 4 rings (SSSR count). The van der Waals surface area contributed by atoms with Crippen LogP contribution in [-0.4, -0.2) is 77.9 Å². The van der Waals surface area contributed by atoms with Gasteiger partial charge in [0.1, 0.15) is 5.75 Å². The second-order valence-corrected chi connectivity index (χ2v) is 9.93. The van der Waals surface area contributed by atoms with Crippen molar-refractivity contribution in [3.8, 4) is 17.1 Å². The Morgan fingerprint density at radius 3 is 2.56 bits per heavy atom. The smallest absolute Gasteiger partial charge is 0.313 e. The van der Waals surface area contributed by atoms with Gasteiger partial charge in [-0.05, 0) is 37.4 Å². The van der Waals surface area contributed by atoms with Crippen LogP contribution in [-0.2, 0) is 9.59 Å². The summed E-state index contributed by atoms with van der Waals surface area (Å²) >= 11 is 1.51. The summed E-state index contributed by atoms with van der Waals surface area (Å²) in [6.07, 6.45) is 2.88. The molecule has 1 saturated heterocycles. The Kier molecular flexibility index (Phi) is 7.70. The first-order valence-corrected chi connectivity index (χ1v) is 12.4. The van der Waals surface area contributed by atoms with E-state index in [-0.39, 0.29) is 5.91 Å². The van der Waals surface area contributed by atoms with E-state index in [4.69, 9.17) is 9.15 Å². The van der Waals surface area contributed by atoms with Gasteiger partial charge in [-0.25, -0.2) is 4.98 Å². The molecule has 36 heavy (non-hydrogen) atoms. The number of piperazine rings is 1. The molecule has 11 heteroatoms. The fourth-order valence-corrected chi connectivity index (χ4v) is 4.78. The van der Waals surface area contributed by atoms with Crippen molar-refractivity contribution in [2.45, 2.75) is 19.4 Å². The molecule has 3 aromatic rings. The quantitative estimate of drug-likeness (QED) is 0.469. The highest BCUT2D eigenvalue weighted by molar-refractivity contribution is 7.08. The molecule has 0 atom stereocenters. The predicted molar refractivity (Wildman–Crippen MR) is 136 cm³/mol. The number of rotatable bonds is 7. The minimum absolute atomic E-state index is 0.0469. The molecule has 0 saturated carbocycles. The van der Waals surface area contributed by atoms with Crippen molar-refractivity contribution in [2.24, 2.45) is 0 Å². The summed E-state index contributed by atoms with van der Waals surface area (Å²) in [7, 11) is 1.51. The Bertz CT molecular complexity index is 1200. The maximum absolute atomic E-state index is 12.6. The lowest BCUT2D eigenvalue weighted by Gasteiger charge is -2.39. The fourth-order valence-electron chi connectivity index (χ4n) is 4.15. The average molecular weight is 512 g/mol. The van der Waals surface area contributed by atoms with Gasteiger partial charge in [0.15, 0.2) is 12.2 Å². The molecule has 190 valence electrons. The molecular weight excluding hydrogens is 482 g/mol. The SMILES string of the molecule is COc1cc(NC(=O)C(=O)NC(C)(C)CN2CCN(C(=O)c3ccsc3)CC2)ccc1-c1cnco1. The number of benzene rings is 1. The monoisotopic (exact) mass is 511 g/mol. The number of ether oxygens (including phenoxy) is 1. The van der Waals surface area contributed by atoms with Crippen molar-refractivity contribution in [3.05, 3.63) is 53.2 Å². The van der Waals surface area contributed by atoms with Gasteiger partial charge in [0.2, 0.25) is 0 Å². The highest BCUT2D eigenvalue weighted by atomic mass is 32.1. The molecule has 3 heterocycles. The van der Waals surface area contributed by atoms with Gasteiger partial charge in [-0.2, -0.15) is 11.3 Å². The van der Waals surface area contributed by atoms with E-state index in [9.17, 15) is 14.4 Å². The zero-order valence-electron chi connectivity index (χ0n) is 20.4. The molecule has 3 amide bonds. The first-order chi connectivity index (χ1) is 17.3. The van der Waals surface area contributed by atoms with Crippen LogP contribution >= 0.6 is 11.3 Å². The molecule has 1 aliphatic heterocycles. The maximum atomic E-state index is 12.6. The molecule has 0 unspecified atom stereocenters. The van der Waals surface area contributed by atoms with Gasteiger partial charge < -0.3 is 24.7 Å².